The number of hydrogen-bond acceptors (Lipinski definition) is 2. The maximum atomic E-state index is 12.8. The van der Waals surface area contributed by atoms with Crippen molar-refractivity contribution in [3.63, 3.8) is 0 Å². The number of benzene rings is 1. The lowest BCUT2D eigenvalue weighted by molar-refractivity contribution is 0.101. The smallest absolute Gasteiger partial charge is 0.175 e. The number of carbonyl (C=O) groups is 1. The molecule has 0 aliphatic heterocycles. The van der Waals surface area contributed by atoms with Gasteiger partial charge in [0, 0.05) is 0 Å². The predicted octanol–water partition coefficient (Wildman–Crippen LogP) is 2.48. The quantitative estimate of drug-likeness (QED) is 0.491. The highest BCUT2D eigenvalue weighted by molar-refractivity contribution is 14.1. The van der Waals surface area contributed by atoms with Gasteiger partial charge in [0.2, 0.25) is 0 Å². The van der Waals surface area contributed by atoms with Crippen LogP contribution in [0, 0.1) is 15.2 Å². The molecule has 0 spiro atoms. The highest BCUT2D eigenvalue weighted by atomic mass is 127. The average Bonchev–Trinajstić information content (AvgIpc) is 2.07. The molecular weight excluding hydrogens is 293 g/mol. The van der Waals surface area contributed by atoms with Gasteiger partial charge in [0.05, 0.1) is 9.13 Å². The van der Waals surface area contributed by atoms with Crippen LogP contribution in [0.2, 0.25) is 0 Å². The summed E-state index contributed by atoms with van der Waals surface area (Å²) in [6.45, 7) is 1.17. The first-order valence-corrected chi connectivity index (χ1v) is 4.40. The number of Topliss-reactive ketones (excluding diaryl/α,β-unsaturated/α-hetero) is 1. The van der Waals surface area contributed by atoms with Gasteiger partial charge in [0.15, 0.2) is 17.4 Å². The number of aromatic hydroxyl groups is 1. The Labute approximate surface area is 86.7 Å². The van der Waals surface area contributed by atoms with Gasteiger partial charge in [0.1, 0.15) is 5.75 Å². The fourth-order valence-corrected chi connectivity index (χ4v) is 1.40. The van der Waals surface area contributed by atoms with Crippen molar-refractivity contribution in [1.82, 2.24) is 0 Å². The summed E-state index contributed by atoms with van der Waals surface area (Å²) in [6.07, 6.45) is 0. The lowest BCUT2D eigenvalue weighted by atomic mass is 10.1. The zero-order chi connectivity index (χ0) is 10.2. The first-order chi connectivity index (χ1) is 5.95. The van der Waals surface area contributed by atoms with Crippen LogP contribution >= 0.6 is 22.6 Å². The second kappa shape index (κ2) is 3.57. The van der Waals surface area contributed by atoms with E-state index in [1.165, 1.54) is 29.5 Å². The molecule has 1 aromatic carbocycles. The molecule has 0 bridgehead atoms. The molecule has 0 atom stereocenters. The zero-order valence-corrected chi connectivity index (χ0v) is 8.72. The van der Waals surface area contributed by atoms with Crippen molar-refractivity contribution in [2.24, 2.45) is 0 Å². The van der Waals surface area contributed by atoms with E-state index in [0.717, 1.165) is 0 Å². The van der Waals surface area contributed by atoms with Crippen molar-refractivity contribution >= 4 is 28.4 Å². The maximum Gasteiger partial charge on any atom is 0.175 e. The molecule has 1 rings (SSSR count). The number of phenolic OH excluding ortho intramolecular Hbond substituents is 1. The van der Waals surface area contributed by atoms with Gasteiger partial charge in [-0.25, -0.2) is 8.78 Å². The van der Waals surface area contributed by atoms with E-state index in [1.54, 1.807) is 0 Å². The lowest BCUT2D eigenvalue weighted by Crippen LogP contribution is -1.99. The molecule has 0 aromatic heterocycles. The van der Waals surface area contributed by atoms with Crippen molar-refractivity contribution < 1.29 is 18.7 Å². The fraction of sp³-hybridized carbons (Fsp3) is 0.125. The van der Waals surface area contributed by atoms with Crippen LogP contribution in [0.15, 0.2) is 6.07 Å². The summed E-state index contributed by atoms with van der Waals surface area (Å²) < 4.78 is 25.2. The van der Waals surface area contributed by atoms with Gasteiger partial charge in [-0.2, -0.15) is 0 Å². The third-order valence-corrected chi connectivity index (χ3v) is 2.50. The van der Waals surface area contributed by atoms with E-state index < -0.39 is 23.2 Å². The van der Waals surface area contributed by atoms with Crippen molar-refractivity contribution in [3.8, 4) is 5.75 Å². The Morgan fingerprint density at radius 3 is 2.54 bits per heavy atom. The van der Waals surface area contributed by atoms with Crippen LogP contribution in [0.25, 0.3) is 0 Å². The van der Waals surface area contributed by atoms with Crippen LogP contribution in [-0.4, -0.2) is 10.9 Å². The fourth-order valence-electron chi connectivity index (χ4n) is 0.854. The van der Waals surface area contributed by atoms with Crippen LogP contribution in [-0.2, 0) is 0 Å². The second-order valence-corrected chi connectivity index (χ2v) is 3.52. The SMILES string of the molecule is CC(=O)c1cc(F)c(F)c(I)c1O. The largest absolute Gasteiger partial charge is 0.506 e. The van der Waals surface area contributed by atoms with Crippen LogP contribution in [0.5, 0.6) is 5.75 Å². The molecule has 0 saturated carbocycles. The molecular formula is C8H5F2IO2. The minimum absolute atomic E-state index is 0.205. The Bertz CT molecular complexity index is 377. The lowest BCUT2D eigenvalue weighted by Gasteiger charge is -2.04. The third-order valence-electron chi connectivity index (χ3n) is 1.52. The number of phenols is 1. The van der Waals surface area contributed by atoms with Crippen molar-refractivity contribution in [1.29, 1.82) is 0 Å². The molecule has 0 heterocycles. The van der Waals surface area contributed by atoms with Crippen molar-refractivity contribution in [2.45, 2.75) is 6.92 Å². The number of rotatable bonds is 1. The second-order valence-electron chi connectivity index (χ2n) is 2.44. The molecule has 5 heteroatoms. The highest BCUT2D eigenvalue weighted by Crippen LogP contribution is 2.28. The van der Waals surface area contributed by atoms with E-state index >= 15 is 0 Å². The Hall–Kier alpha value is -0.720. The van der Waals surface area contributed by atoms with Crippen LogP contribution in [0.3, 0.4) is 0 Å². The number of halogens is 3. The van der Waals surface area contributed by atoms with Gasteiger partial charge in [0.25, 0.3) is 0 Å². The standard InChI is InChI=1S/C8H5F2IO2/c1-3(12)4-2-5(9)6(10)7(11)8(4)13/h2,13H,1H3. The summed E-state index contributed by atoms with van der Waals surface area (Å²) in [6, 6.07) is 0.690. The van der Waals surface area contributed by atoms with E-state index in [9.17, 15) is 18.7 Å². The molecule has 2 nitrogen and oxygen atoms in total. The summed E-state index contributed by atoms with van der Waals surface area (Å²) in [7, 11) is 0. The first kappa shape index (κ1) is 10.4. The van der Waals surface area contributed by atoms with Gasteiger partial charge in [-0.05, 0) is 35.6 Å². The topological polar surface area (TPSA) is 37.3 Å². The first-order valence-electron chi connectivity index (χ1n) is 3.32. The molecule has 0 aliphatic rings. The number of hydrogen-bond donors (Lipinski definition) is 1. The Kier molecular flexibility index (Phi) is 2.84. The summed E-state index contributed by atoms with van der Waals surface area (Å²) in [4.78, 5) is 10.8. The molecule has 0 fully saturated rings. The van der Waals surface area contributed by atoms with E-state index in [4.69, 9.17) is 0 Å². The van der Waals surface area contributed by atoms with E-state index in [-0.39, 0.29) is 9.13 Å². The van der Waals surface area contributed by atoms with Gasteiger partial charge >= 0.3 is 0 Å². The summed E-state index contributed by atoms with van der Waals surface area (Å²) in [5, 5.41) is 9.24. The van der Waals surface area contributed by atoms with E-state index in [2.05, 4.69) is 0 Å². The summed E-state index contributed by atoms with van der Waals surface area (Å²) in [5.74, 6) is -3.28. The van der Waals surface area contributed by atoms with E-state index in [1.807, 2.05) is 0 Å². The maximum absolute atomic E-state index is 12.8. The normalized spacial score (nSPS) is 10.2. The Balaban J connectivity index is 3.50. The van der Waals surface area contributed by atoms with Gasteiger partial charge < -0.3 is 5.11 Å². The molecule has 1 aromatic rings. The van der Waals surface area contributed by atoms with Gasteiger partial charge in [-0.15, -0.1) is 0 Å². The van der Waals surface area contributed by atoms with Crippen molar-refractivity contribution in [3.05, 3.63) is 26.8 Å². The predicted molar refractivity (Wildman–Crippen MR) is 50.7 cm³/mol. The molecule has 0 aliphatic carbocycles. The molecule has 0 saturated heterocycles. The average molecular weight is 298 g/mol. The Morgan fingerprint density at radius 1 is 1.54 bits per heavy atom. The monoisotopic (exact) mass is 298 g/mol. The van der Waals surface area contributed by atoms with Crippen molar-refractivity contribution in [2.75, 3.05) is 0 Å². The molecule has 70 valence electrons. The summed E-state index contributed by atoms with van der Waals surface area (Å²) >= 11 is 1.44. The van der Waals surface area contributed by atoms with Crippen LogP contribution in [0.4, 0.5) is 8.78 Å². The molecule has 0 radical (unpaired) electrons. The van der Waals surface area contributed by atoms with Gasteiger partial charge in [-0.3, -0.25) is 4.79 Å². The zero-order valence-electron chi connectivity index (χ0n) is 6.57. The highest BCUT2D eigenvalue weighted by Gasteiger charge is 2.17. The van der Waals surface area contributed by atoms with Gasteiger partial charge in [-0.1, -0.05) is 0 Å². The molecule has 13 heavy (non-hydrogen) atoms. The number of ketones is 1. The third kappa shape index (κ3) is 1.79. The summed E-state index contributed by atoms with van der Waals surface area (Å²) in [5.41, 5.74) is -0.205. The molecule has 0 unspecified atom stereocenters. The molecule has 0 amide bonds. The minimum Gasteiger partial charge on any atom is -0.506 e. The van der Waals surface area contributed by atoms with E-state index in [0.29, 0.717) is 6.07 Å². The van der Waals surface area contributed by atoms with Crippen LogP contribution < -0.4 is 0 Å². The minimum atomic E-state index is -1.14. The Morgan fingerprint density at radius 2 is 2.08 bits per heavy atom. The number of carbonyl (C=O) groups excluding carboxylic acids is 1. The molecule has 1 N–H and O–H groups in total. The van der Waals surface area contributed by atoms with Crippen LogP contribution in [0.1, 0.15) is 17.3 Å².